The van der Waals surface area contributed by atoms with Crippen LogP contribution in [0.25, 0.3) is 43.6 Å². The summed E-state index contributed by atoms with van der Waals surface area (Å²) in [5.74, 6) is -0.997. The zero-order valence-electron chi connectivity index (χ0n) is 52.9. The molecule has 12 rings (SSSR count). The Balaban J connectivity index is 0.000000186. The number of anilines is 3. The van der Waals surface area contributed by atoms with Crippen LogP contribution < -0.4 is 39.4 Å². The summed E-state index contributed by atoms with van der Waals surface area (Å²) >= 11 is 9.08. The molecular weight excluding hydrogens is 1330 g/mol. The number of hydrogen-bond acceptors (Lipinski definition) is 17. The van der Waals surface area contributed by atoms with Crippen molar-refractivity contribution >= 4 is 88.2 Å². The van der Waals surface area contributed by atoms with Gasteiger partial charge in [-0.15, -0.1) is 0 Å². The van der Waals surface area contributed by atoms with Crippen LogP contribution >= 0.6 is 27.5 Å². The standard InChI is InChI=1S/C21H29N3O3.C12H10BrF3N2.C12H14N2O.C10H5ClF3N.C9H17NO3.C2H7NO.ClH/c1-16-4-5-17-18(6-9-22-19(17)14-16)23-10-13-24-11-7-21(8-12-24)25-15-20(2,3)26-27-21;13-4-6-18-10-3-5-17-11-7-8(12(14,15)16)1-2-9(10)11;1-9-2-3-10-11(14-6-7-15)4-5-13-12(10)8-9;11-8-3-4-15-9-5-6(10(12,13)14)1-2-7(8)9;1-8(2)7-11-9(13-12-8)3-5-10-6-4-9;3-1-2-4;/h4-6,9,14H,7-8,10-13,15H2,1-3H3,(H,22,23);1-3,5,7H,4,6H2,(H,17,18);2-5,8,15H,6-7H2,1H3,(H,13,14);1-5H;10H,3-7H2,1-2H3;4H,1-3H2;1H. The summed E-state index contributed by atoms with van der Waals surface area (Å²) in [6.07, 6.45) is 1.35. The summed E-state index contributed by atoms with van der Waals surface area (Å²) in [6.45, 7) is 21.0. The summed E-state index contributed by atoms with van der Waals surface area (Å²) in [4.78, 5) is 40.9. The van der Waals surface area contributed by atoms with E-state index >= 15 is 0 Å². The number of hydrogen-bond donors (Lipinski definition) is 7. The summed E-state index contributed by atoms with van der Waals surface area (Å²) in [6, 6.07) is 26.7. The largest absolute Gasteiger partial charge is 1.00 e. The number of aromatic nitrogens is 4. The van der Waals surface area contributed by atoms with Gasteiger partial charge in [-0.3, -0.25) is 19.9 Å². The number of halogens is 9. The average molecular weight is 1410 g/mol. The number of aliphatic hydroxyl groups excluding tert-OH is 2. The lowest BCUT2D eigenvalue weighted by Gasteiger charge is -2.45. The van der Waals surface area contributed by atoms with Crippen molar-refractivity contribution in [2.75, 3.05) is 107 Å². The van der Waals surface area contributed by atoms with Gasteiger partial charge in [0.2, 0.25) is 11.6 Å². The number of piperidine rings is 2. The number of aryl methyl sites for hydroxylation is 2. The van der Waals surface area contributed by atoms with Crippen molar-refractivity contribution in [3.05, 3.63) is 149 Å². The van der Waals surface area contributed by atoms with Gasteiger partial charge in [0, 0.05) is 127 Å². The van der Waals surface area contributed by atoms with Crippen LogP contribution in [0.5, 0.6) is 0 Å². The van der Waals surface area contributed by atoms with Gasteiger partial charge in [0.25, 0.3) is 0 Å². The smallest absolute Gasteiger partial charge is 0.416 e. The van der Waals surface area contributed by atoms with Crippen LogP contribution in [0.2, 0.25) is 5.02 Å². The molecule has 4 aromatic carbocycles. The van der Waals surface area contributed by atoms with Gasteiger partial charge >= 0.3 is 12.4 Å². The second-order valence-corrected chi connectivity index (χ2v) is 24.7. The van der Waals surface area contributed by atoms with Crippen LogP contribution in [-0.2, 0) is 41.4 Å². The van der Waals surface area contributed by atoms with Crippen LogP contribution in [0.3, 0.4) is 0 Å². The third kappa shape index (κ3) is 22.9. The molecule has 0 bridgehead atoms. The maximum atomic E-state index is 12.6. The van der Waals surface area contributed by atoms with E-state index in [1.165, 1.54) is 47.1 Å². The molecule has 4 aliphatic rings. The van der Waals surface area contributed by atoms with Crippen LogP contribution in [0, 0.1) is 13.8 Å². The zero-order chi connectivity index (χ0) is 66.6. The van der Waals surface area contributed by atoms with E-state index in [9.17, 15) is 26.3 Å². The molecule has 9 N–H and O–H groups in total. The van der Waals surface area contributed by atoms with Crippen LogP contribution in [-0.4, -0.2) is 148 Å². The second-order valence-electron chi connectivity index (χ2n) is 23.5. The lowest BCUT2D eigenvalue weighted by Crippen LogP contribution is -3.00. The number of likely N-dealkylation sites (tertiary alicyclic amines) is 1. The molecule has 4 aliphatic heterocycles. The molecule has 93 heavy (non-hydrogen) atoms. The molecule has 0 unspecified atom stereocenters. The van der Waals surface area contributed by atoms with Gasteiger partial charge in [-0.2, -0.15) is 31.2 Å². The normalized spacial score (nSPS) is 17.1. The van der Waals surface area contributed by atoms with Crippen molar-refractivity contribution in [3.8, 4) is 0 Å². The van der Waals surface area contributed by atoms with E-state index in [1.807, 2.05) is 46.0 Å². The van der Waals surface area contributed by atoms with Crippen molar-refractivity contribution in [2.24, 2.45) is 5.73 Å². The van der Waals surface area contributed by atoms with Gasteiger partial charge in [-0.25, -0.2) is 14.7 Å². The molecule has 0 saturated carbocycles. The number of benzene rings is 4. The van der Waals surface area contributed by atoms with Crippen LogP contribution in [0.15, 0.2) is 122 Å². The fourth-order valence-corrected chi connectivity index (χ4v) is 10.3. The third-order valence-electron chi connectivity index (χ3n) is 14.9. The number of nitrogens with two attached hydrogens (primary N) is 2. The highest BCUT2D eigenvalue weighted by Gasteiger charge is 2.46. The molecule has 27 heteroatoms. The quantitative estimate of drug-likeness (QED) is 0.0364. The first-order valence-corrected chi connectivity index (χ1v) is 31.8. The summed E-state index contributed by atoms with van der Waals surface area (Å²) in [5.41, 5.74) is 10.7. The number of pyridine rings is 4. The van der Waals surface area contributed by atoms with Crippen LogP contribution in [0.4, 0.5) is 43.4 Å². The highest BCUT2D eigenvalue weighted by molar-refractivity contribution is 9.09. The Morgan fingerprint density at radius 2 is 0.957 bits per heavy atom. The number of nitrogens with zero attached hydrogens (tertiary/aromatic N) is 5. The molecule has 0 aliphatic carbocycles. The van der Waals surface area contributed by atoms with Crippen LogP contribution in [0.1, 0.15) is 75.6 Å². The molecule has 4 saturated heterocycles. The Morgan fingerprint density at radius 3 is 1.38 bits per heavy atom. The number of alkyl halides is 7. The number of rotatable bonds is 11. The van der Waals surface area contributed by atoms with E-state index in [1.54, 1.807) is 12.3 Å². The summed E-state index contributed by atoms with van der Waals surface area (Å²) in [7, 11) is 0. The Bertz CT molecular complexity index is 3600. The van der Waals surface area contributed by atoms with E-state index < -0.39 is 35.1 Å². The zero-order valence-corrected chi connectivity index (χ0v) is 56.0. The van der Waals surface area contributed by atoms with Crippen molar-refractivity contribution in [3.63, 3.8) is 0 Å². The molecule has 4 fully saturated rings. The summed E-state index contributed by atoms with van der Waals surface area (Å²) in [5, 5.41) is 33.3. The van der Waals surface area contributed by atoms with E-state index in [0.717, 1.165) is 128 Å². The average Bonchev–Trinajstić information content (AvgIpc) is 0.900. The highest BCUT2D eigenvalue weighted by atomic mass is 79.9. The molecule has 8 heterocycles. The minimum absolute atomic E-state index is 0. The number of quaternary nitrogens is 1. The number of aliphatic hydroxyl groups is 2. The monoisotopic (exact) mass is 1410 g/mol. The topological polar surface area (TPSA) is 229 Å². The maximum Gasteiger partial charge on any atom is 0.416 e. The van der Waals surface area contributed by atoms with Gasteiger partial charge in [0.1, 0.15) is 11.2 Å². The predicted octanol–water partition coefficient (Wildman–Crippen LogP) is 9.16. The summed E-state index contributed by atoms with van der Waals surface area (Å²) < 4.78 is 86.5. The molecule has 0 amide bonds. The predicted molar refractivity (Wildman–Crippen MR) is 350 cm³/mol. The third-order valence-corrected chi connectivity index (χ3v) is 15.6. The molecule has 18 nitrogen and oxygen atoms in total. The maximum absolute atomic E-state index is 12.6. The van der Waals surface area contributed by atoms with Crippen molar-refractivity contribution in [1.82, 2.24) is 24.8 Å². The minimum atomic E-state index is -4.35. The number of nitrogens with one attached hydrogen (secondary N) is 3. The van der Waals surface area contributed by atoms with E-state index in [-0.39, 0.29) is 42.3 Å². The SMILES string of the molecule is CC1(C)COC2(CC[NH2+]CC2)OO1.Cc1ccc2c(NCCN3CCC4(CC3)OCC(C)(C)OO4)ccnc2c1.Cc1ccc2c(NCCO)ccnc2c1.FC(F)(F)c1ccc2c(Cl)ccnc2c1.FC(F)(F)c1ccc2c(NCCBr)ccnc2c1.NCCO.[Cl-]. The molecule has 4 aromatic heterocycles. The van der Waals surface area contributed by atoms with Gasteiger partial charge in [-0.1, -0.05) is 63.9 Å². The van der Waals surface area contributed by atoms with Gasteiger partial charge in [0.05, 0.1) is 90.6 Å². The van der Waals surface area contributed by atoms with E-state index in [4.69, 9.17) is 56.6 Å². The van der Waals surface area contributed by atoms with Gasteiger partial charge in [-0.05, 0) is 113 Å². The Labute approximate surface area is 557 Å². The fraction of sp³-hybridized carbons (Fsp3) is 0.455. The Kier molecular flexibility index (Phi) is 28.8. The fourth-order valence-electron chi connectivity index (χ4n) is 9.88. The lowest BCUT2D eigenvalue weighted by molar-refractivity contribution is -0.683. The Morgan fingerprint density at radius 1 is 0.559 bits per heavy atom. The molecule has 8 aromatic rings. The van der Waals surface area contributed by atoms with Crippen molar-refractivity contribution in [1.29, 1.82) is 0 Å². The van der Waals surface area contributed by atoms with E-state index in [2.05, 4.69) is 112 Å². The van der Waals surface area contributed by atoms with Gasteiger partial charge < -0.3 is 64.0 Å². The van der Waals surface area contributed by atoms with E-state index in [0.29, 0.717) is 54.2 Å². The lowest BCUT2D eigenvalue weighted by atomic mass is 10.0. The molecule has 508 valence electrons. The Hall–Kier alpha value is -5.88. The molecule has 0 atom stereocenters. The van der Waals surface area contributed by atoms with Gasteiger partial charge in [0.15, 0.2) is 0 Å². The first kappa shape index (κ1) is 76.1. The van der Waals surface area contributed by atoms with Crippen molar-refractivity contribution < 1.29 is 83.3 Å². The second kappa shape index (κ2) is 35.2. The molecule has 2 spiro atoms. The number of ether oxygens (including phenoxy) is 2. The van der Waals surface area contributed by atoms with Crippen molar-refractivity contribution in [2.45, 2.75) is 102 Å². The first-order chi connectivity index (χ1) is 43.8. The number of fused-ring (bicyclic) bond motifs is 4. The minimum Gasteiger partial charge on any atom is -1.00 e. The highest BCUT2D eigenvalue weighted by Crippen LogP contribution is 2.37. The first-order valence-electron chi connectivity index (χ1n) is 30.3. The molecular formula is C66H83BrCl2F6N10O8. The molecule has 0 radical (unpaired) electrons.